The van der Waals surface area contributed by atoms with Crippen molar-refractivity contribution in [1.29, 1.82) is 0 Å². The van der Waals surface area contributed by atoms with Gasteiger partial charge in [0.2, 0.25) is 41.2 Å². The number of piperidine rings is 3. The highest BCUT2D eigenvalue weighted by Gasteiger charge is 2.36. The Balaban J connectivity index is 0.412. The molecule has 4 fully saturated rings. The first-order chi connectivity index (χ1) is 68.7. The summed E-state index contributed by atoms with van der Waals surface area (Å²) in [5, 5.41) is 34.5. The summed E-state index contributed by atoms with van der Waals surface area (Å²) in [4.78, 5) is 162. The highest BCUT2D eigenvalue weighted by atomic mass is 32.1. The predicted octanol–water partition coefficient (Wildman–Crippen LogP) is 4.34. The van der Waals surface area contributed by atoms with Crippen molar-refractivity contribution >= 4 is 105 Å². The molecule has 0 saturated carbocycles. The van der Waals surface area contributed by atoms with Crippen molar-refractivity contribution in [2.45, 2.75) is 91.0 Å². The summed E-state index contributed by atoms with van der Waals surface area (Å²) >= 11 is 1.66. The van der Waals surface area contributed by atoms with Gasteiger partial charge in [-0.25, -0.2) is 15.0 Å². The monoisotopic (exact) mass is 1980 g/mol. The smallest absolute Gasteiger partial charge is 0.291 e. The summed E-state index contributed by atoms with van der Waals surface area (Å²) in [5.74, 6) is 11.8. The average molecular weight is 1980 g/mol. The minimum absolute atomic E-state index is 0.00260. The lowest BCUT2D eigenvalue weighted by molar-refractivity contribution is -0.133. The number of imidazole rings is 3. The Hall–Kier alpha value is -12.7. The molecule has 4 saturated heterocycles. The van der Waals surface area contributed by atoms with Gasteiger partial charge < -0.3 is 123 Å². The van der Waals surface area contributed by atoms with Gasteiger partial charge in [-0.15, -0.1) is 21.5 Å². The molecular weight excluding hydrogens is 1850 g/mol. The molecule has 10 amide bonds. The Morgan fingerprint density at radius 3 is 1.49 bits per heavy atom. The largest absolute Gasteiger partial charge is 0.378 e. The first kappa shape index (κ1) is 107. The number of rotatable bonds is 50. The second-order valence-electron chi connectivity index (χ2n) is 36.0. The Morgan fingerprint density at radius 1 is 0.451 bits per heavy atom. The number of carbonyl (C=O) groups excluding carboxylic acids is 10. The van der Waals surface area contributed by atoms with Gasteiger partial charge >= 0.3 is 0 Å². The molecule has 0 radical (unpaired) electrons. The van der Waals surface area contributed by atoms with Crippen molar-refractivity contribution in [3.63, 3.8) is 0 Å². The molecule has 5 aliphatic heterocycles. The standard InChI is InChI=1S/C98H134N26O17S/c1-67-68(2)142-98-87(67)88(73-14-16-74(17-15-73)104-85(128)66-141-57-56-140-53-50-137-47-44-121-39-41-122(42-40-121)61-72-21-32-114(4)33-22-72)107-77(89-113-112-69(3)124(89)98)60-86(129)123-36-25-71(26-37-123)13-11-10-12-70-23-34-120(35-24-70)43-46-136-49-52-139-55-54-138-51-48-135-45-31-99-82(125)18-27-103-95(132)91-110-80(64-118(91)8)108-83(126)19-28-102-94(131)79-59-76(63-117(79)7)106-97(134)92-111-81(65-119(92)9)109-84(127)20-29-101-93(130)78-58-75(62-116(78)6)105-96(133)90-100-30-38-115(90)5/h14-17,30,38,58-59,62-65,70-72,77H,18-29,31-37,39-57,60-61,66H2,1-9H3,(H,99,125)(H,101,130)(H,102,131)(H,103,132)(H,104,128)(H,105,133)(H,106,134)(H,108,126)(H,109,127)/t77-/m0/s1. The zero-order valence-corrected chi connectivity index (χ0v) is 83.5. The van der Waals surface area contributed by atoms with Crippen molar-refractivity contribution in [1.82, 2.24) is 98.3 Å². The SMILES string of the molecule is Cc1sc2c(c1C)C(c1ccc(NC(=O)COCCOCCOCCN3CCN(CC4CCN(C)CC4)CC3)cc1)=N[C@@H](CC(=O)N1CCC(C#CC#CC3CCN(CCOCCOCCOCCOCCNC(=O)CCNC(=O)c4nc(NC(=O)CCNC(=O)c5cc(NC(=O)c6nc(NC(=O)CCNC(=O)c7cc(NC(=O)c8nccn8C)cn7C)cn6C)cn5C)cn4C)CC3)CC1)c1nnc(C)n1-2. The van der Waals surface area contributed by atoms with Crippen LogP contribution >= 0.6 is 11.3 Å². The first-order valence-electron chi connectivity index (χ1n) is 48.6. The van der Waals surface area contributed by atoms with E-state index in [0.29, 0.717) is 103 Å². The molecule has 1 aromatic carbocycles. The molecule has 43 nitrogen and oxygen atoms in total. The number of fused-ring (bicyclic) bond motifs is 3. The molecule has 764 valence electrons. The highest BCUT2D eigenvalue weighted by Crippen LogP contribution is 2.40. The van der Waals surface area contributed by atoms with Gasteiger partial charge in [0.1, 0.15) is 34.9 Å². The molecular formula is C98H134N26O17S. The number of nitrogens with zero attached hydrogens (tertiary/aromatic N) is 17. The van der Waals surface area contributed by atoms with Crippen LogP contribution in [-0.2, 0) is 92.4 Å². The molecule has 44 heteroatoms. The van der Waals surface area contributed by atoms with Gasteiger partial charge in [-0.2, -0.15) is 0 Å². The fourth-order valence-corrected chi connectivity index (χ4v) is 18.4. The number of piperazine rings is 1. The van der Waals surface area contributed by atoms with E-state index in [1.807, 2.05) is 36.1 Å². The van der Waals surface area contributed by atoms with Crippen molar-refractivity contribution in [2.24, 2.45) is 58.0 Å². The van der Waals surface area contributed by atoms with Crippen LogP contribution in [0, 0.1) is 62.2 Å². The van der Waals surface area contributed by atoms with E-state index in [2.05, 4.69) is 142 Å². The van der Waals surface area contributed by atoms with Crippen molar-refractivity contribution in [3.8, 4) is 28.7 Å². The maximum atomic E-state index is 14.3. The fraction of sp³-hybridized carbons (Fsp3) is 0.551. The molecule has 12 heterocycles. The third-order valence-corrected chi connectivity index (χ3v) is 26.5. The van der Waals surface area contributed by atoms with Gasteiger partial charge in [0, 0.05) is 210 Å². The molecule has 0 unspecified atom stereocenters. The van der Waals surface area contributed by atoms with E-state index >= 15 is 0 Å². The number of hydrogen-bond donors (Lipinski definition) is 9. The lowest BCUT2D eigenvalue weighted by Gasteiger charge is -2.38. The summed E-state index contributed by atoms with van der Waals surface area (Å²) in [6.45, 7) is 24.7. The minimum Gasteiger partial charge on any atom is -0.378 e. The van der Waals surface area contributed by atoms with Gasteiger partial charge in [0.25, 0.3) is 29.5 Å². The number of anilines is 5. The van der Waals surface area contributed by atoms with E-state index in [0.717, 1.165) is 122 Å². The number of likely N-dealkylation sites (tertiary alicyclic amines) is 3. The summed E-state index contributed by atoms with van der Waals surface area (Å²) < 4.78 is 49.5. The zero-order valence-electron chi connectivity index (χ0n) is 82.7. The Bertz CT molecular complexity index is 5770. The summed E-state index contributed by atoms with van der Waals surface area (Å²) in [5.41, 5.74) is 5.36. The van der Waals surface area contributed by atoms with Crippen LogP contribution in [0.15, 0.2) is 78.6 Å². The van der Waals surface area contributed by atoms with Crippen molar-refractivity contribution in [2.75, 3.05) is 237 Å². The molecule has 5 aliphatic rings. The molecule has 9 N–H and O–H groups in total. The van der Waals surface area contributed by atoms with E-state index < -0.39 is 47.4 Å². The molecule has 13 rings (SSSR count). The normalized spacial score (nSPS) is 15.6. The topological polar surface area (TPSA) is 466 Å². The maximum Gasteiger partial charge on any atom is 0.291 e. The molecule has 8 aromatic rings. The predicted molar refractivity (Wildman–Crippen MR) is 532 cm³/mol. The quantitative estimate of drug-likeness (QED) is 0.0189. The van der Waals surface area contributed by atoms with Gasteiger partial charge in [0.05, 0.1) is 109 Å². The number of carbonyl (C=O) groups is 10. The first-order valence-corrected chi connectivity index (χ1v) is 49.4. The maximum absolute atomic E-state index is 14.3. The number of nitrogens with one attached hydrogen (secondary N) is 9. The highest BCUT2D eigenvalue weighted by molar-refractivity contribution is 7.15. The van der Waals surface area contributed by atoms with Crippen LogP contribution < -0.4 is 47.9 Å². The third kappa shape index (κ3) is 31.9. The molecule has 142 heavy (non-hydrogen) atoms. The second-order valence-corrected chi connectivity index (χ2v) is 37.2. The van der Waals surface area contributed by atoms with Gasteiger partial charge in [-0.05, 0) is 140 Å². The van der Waals surface area contributed by atoms with Crippen LogP contribution in [0.4, 0.5) is 28.7 Å². The lowest BCUT2D eigenvalue weighted by Crippen LogP contribution is -2.49. The number of hydrogen-bond acceptors (Lipinski definition) is 28. The Labute approximate surface area is 830 Å². The number of aryl methyl sites for hydroxylation is 7. The number of thiophene rings is 1. The lowest BCUT2D eigenvalue weighted by atomic mass is 9.96. The van der Waals surface area contributed by atoms with E-state index in [-0.39, 0.29) is 147 Å². The molecule has 0 aliphatic carbocycles. The summed E-state index contributed by atoms with van der Waals surface area (Å²) in [7, 11) is 10.3. The molecule has 7 aromatic heterocycles. The fourth-order valence-electron chi connectivity index (χ4n) is 17.2. The van der Waals surface area contributed by atoms with Gasteiger partial charge in [-0.3, -0.25) is 62.4 Å². The third-order valence-electron chi connectivity index (χ3n) is 25.3. The molecule has 1 atom stereocenters. The van der Waals surface area contributed by atoms with Crippen molar-refractivity contribution < 1.29 is 81.1 Å². The second kappa shape index (κ2) is 54.0. The van der Waals surface area contributed by atoms with Crippen LogP contribution in [0.2, 0.25) is 0 Å². The molecule has 0 spiro atoms. The van der Waals surface area contributed by atoms with Crippen molar-refractivity contribution in [3.05, 3.63) is 136 Å². The number of aromatic nitrogens is 11. The number of benzene rings is 1. The number of ether oxygens (including phenoxy) is 7. The van der Waals surface area contributed by atoms with Crippen LogP contribution in [0.3, 0.4) is 0 Å². The zero-order chi connectivity index (χ0) is 100. The van der Waals surface area contributed by atoms with Crippen LogP contribution in [0.1, 0.15) is 156 Å². The van der Waals surface area contributed by atoms with Crippen LogP contribution in [0.5, 0.6) is 0 Å². The molecule has 0 bridgehead atoms. The van der Waals surface area contributed by atoms with E-state index in [9.17, 15) is 47.9 Å². The number of amides is 10. The Morgan fingerprint density at radius 2 is 0.944 bits per heavy atom. The average Bonchev–Trinajstić information content (AvgIpc) is 1.59. The Kier molecular flexibility index (Phi) is 40.5. The van der Waals surface area contributed by atoms with Gasteiger partial charge in [-0.1, -0.05) is 24.0 Å². The van der Waals surface area contributed by atoms with E-state index in [1.54, 1.807) is 63.5 Å². The van der Waals surface area contributed by atoms with Gasteiger partial charge in [0.15, 0.2) is 23.3 Å². The summed E-state index contributed by atoms with van der Waals surface area (Å²) in [6, 6.07) is 9.99. The van der Waals surface area contributed by atoms with Crippen LogP contribution in [-0.4, -0.2) is 353 Å². The van der Waals surface area contributed by atoms with E-state index in [1.165, 1.54) is 87.7 Å². The van der Waals surface area contributed by atoms with Crippen LogP contribution in [0.25, 0.3) is 5.00 Å². The van der Waals surface area contributed by atoms with E-state index in [4.69, 9.17) is 38.2 Å². The minimum atomic E-state index is -0.639. The number of aliphatic imine (C=N–C) groups is 1. The summed E-state index contributed by atoms with van der Waals surface area (Å²) in [6.07, 6.45) is 15.0.